The molecule has 0 saturated carbocycles. The number of H-pyrrole nitrogens is 1. The third-order valence-electron chi connectivity index (χ3n) is 5.54. The number of fused-ring (bicyclic) bond motifs is 1. The van der Waals surface area contributed by atoms with Gasteiger partial charge in [0, 0.05) is 11.5 Å². The van der Waals surface area contributed by atoms with Gasteiger partial charge in [0.2, 0.25) is 0 Å². The molecule has 28 heavy (non-hydrogen) atoms. The second kappa shape index (κ2) is 7.08. The zero-order valence-corrected chi connectivity index (χ0v) is 15.6. The number of nitrogens with zero attached hydrogens (tertiary/aromatic N) is 4. The Balaban J connectivity index is 2.00. The Kier molecular flexibility index (Phi) is 4.60. The van der Waals surface area contributed by atoms with E-state index in [1.165, 1.54) is 12.5 Å². The van der Waals surface area contributed by atoms with Crippen LogP contribution in [0.25, 0.3) is 11.0 Å². The highest BCUT2D eigenvalue weighted by molar-refractivity contribution is 5.76. The molecule has 0 bridgehead atoms. The molecule has 3 aromatic rings. The summed E-state index contributed by atoms with van der Waals surface area (Å²) in [6, 6.07) is 8.96. The number of piperidine rings is 1. The molecule has 4 rings (SSSR count). The van der Waals surface area contributed by atoms with E-state index in [-0.39, 0.29) is 11.5 Å². The molecular weight excluding hydrogens is 358 g/mol. The van der Waals surface area contributed by atoms with E-state index >= 15 is 0 Å². The molecule has 1 aliphatic rings. The number of hydrogen-bond acceptors (Lipinski definition) is 5. The van der Waals surface area contributed by atoms with E-state index in [2.05, 4.69) is 32.3 Å². The number of nitrogens with two attached hydrogens (primary N) is 1. The second-order valence-corrected chi connectivity index (χ2v) is 7.22. The maximum atomic E-state index is 12.2. The van der Waals surface area contributed by atoms with E-state index in [0.717, 1.165) is 31.5 Å². The lowest BCUT2D eigenvalue weighted by Gasteiger charge is -2.44. The van der Waals surface area contributed by atoms with Crippen molar-refractivity contribution in [2.24, 2.45) is 11.7 Å². The van der Waals surface area contributed by atoms with Gasteiger partial charge in [-0.25, -0.2) is 14.5 Å². The number of aromatic amines is 1. The number of likely N-dealkylation sites (tertiary alicyclic amines) is 1. The van der Waals surface area contributed by atoms with E-state index in [1.807, 2.05) is 30.3 Å². The number of aromatic nitrogens is 4. The first-order valence-corrected chi connectivity index (χ1v) is 9.26. The molecule has 0 radical (unpaired) electrons. The van der Waals surface area contributed by atoms with Crippen molar-refractivity contribution < 1.29 is 4.79 Å². The number of benzene rings is 1. The van der Waals surface area contributed by atoms with Gasteiger partial charge in [0.05, 0.1) is 12.5 Å². The highest BCUT2D eigenvalue weighted by atomic mass is 16.2. The number of carbonyl (C=O) groups is 1. The fraction of sp³-hybridized carbons (Fsp3) is 0.368. The van der Waals surface area contributed by atoms with Crippen LogP contribution in [0.2, 0.25) is 0 Å². The Morgan fingerprint density at radius 1 is 1.29 bits per heavy atom. The number of rotatable bonds is 4. The first-order chi connectivity index (χ1) is 13.5. The summed E-state index contributed by atoms with van der Waals surface area (Å²) in [5.41, 5.74) is 5.56. The average molecular weight is 381 g/mol. The third-order valence-corrected chi connectivity index (χ3v) is 5.54. The van der Waals surface area contributed by atoms with E-state index in [9.17, 15) is 9.59 Å². The van der Waals surface area contributed by atoms with Crippen molar-refractivity contribution in [2.45, 2.75) is 18.5 Å². The summed E-state index contributed by atoms with van der Waals surface area (Å²) in [6.07, 6.45) is 4.49. The van der Waals surface area contributed by atoms with Gasteiger partial charge in [-0.1, -0.05) is 30.3 Å². The molecule has 1 atom stereocenters. The Hall–Kier alpha value is -3.20. The fourth-order valence-electron chi connectivity index (χ4n) is 4.18. The largest absolute Gasteiger partial charge is 0.352 e. The first-order valence-electron chi connectivity index (χ1n) is 9.26. The summed E-state index contributed by atoms with van der Waals surface area (Å²) in [4.78, 5) is 33.6. The minimum Gasteiger partial charge on any atom is -0.352 e. The molecular formula is C19H23N7O2. The summed E-state index contributed by atoms with van der Waals surface area (Å²) < 4.78 is 1.65. The Morgan fingerprint density at radius 2 is 2.00 bits per heavy atom. The predicted molar refractivity (Wildman–Crippen MR) is 105 cm³/mol. The molecule has 2 aromatic heterocycles. The topological polar surface area (TPSA) is 122 Å². The van der Waals surface area contributed by atoms with Crippen molar-refractivity contribution in [3.05, 3.63) is 58.8 Å². The number of urea groups is 1. The van der Waals surface area contributed by atoms with Gasteiger partial charge in [0.25, 0.3) is 5.56 Å². The van der Waals surface area contributed by atoms with Crippen LogP contribution in [0.15, 0.2) is 47.7 Å². The number of carbonyl (C=O) groups excluding carboxylic acids is 1. The van der Waals surface area contributed by atoms with Gasteiger partial charge in [-0.2, -0.15) is 5.10 Å². The summed E-state index contributed by atoms with van der Waals surface area (Å²) in [5.74, 6) is 0.0165. The molecule has 146 valence electrons. The lowest BCUT2D eigenvalue weighted by atomic mass is 9.79. The summed E-state index contributed by atoms with van der Waals surface area (Å²) in [6.45, 7) is 1.76. The van der Waals surface area contributed by atoms with Gasteiger partial charge in [0.15, 0.2) is 11.3 Å². The molecule has 9 nitrogen and oxygen atoms in total. The van der Waals surface area contributed by atoms with Crippen LogP contribution in [0, 0.1) is 5.92 Å². The van der Waals surface area contributed by atoms with Crippen molar-refractivity contribution >= 4 is 17.1 Å². The number of amides is 2. The van der Waals surface area contributed by atoms with Crippen molar-refractivity contribution in [1.82, 2.24) is 30.0 Å². The van der Waals surface area contributed by atoms with Gasteiger partial charge in [-0.15, -0.1) is 0 Å². The van der Waals surface area contributed by atoms with Crippen molar-refractivity contribution in [2.75, 3.05) is 20.1 Å². The van der Waals surface area contributed by atoms with E-state index in [0.29, 0.717) is 11.0 Å². The van der Waals surface area contributed by atoms with Gasteiger partial charge in [0.1, 0.15) is 5.39 Å². The summed E-state index contributed by atoms with van der Waals surface area (Å²) >= 11 is 0. The van der Waals surface area contributed by atoms with E-state index in [1.54, 1.807) is 4.68 Å². The van der Waals surface area contributed by atoms with Crippen LogP contribution in [0.1, 0.15) is 18.4 Å². The smallest absolute Gasteiger partial charge is 0.314 e. The Morgan fingerprint density at radius 3 is 2.68 bits per heavy atom. The van der Waals surface area contributed by atoms with Crippen LogP contribution < -0.4 is 16.6 Å². The van der Waals surface area contributed by atoms with Crippen LogP contribution >= 0.6 is 0 Å². The molecule has 1 saturated heterocycles. The van der Waals surface area contributed by atoms with E-state index in [4.69, 9.17) is 5.73 Å². The fourth-order valence-corrected chi connectivity index (χ4v) is 4.18. The van der Waals surface area contributed by atoms with E-state index < -0.39 is 11.7 Å². The predicted octanol–water partition coefficient (Wildman–Crippen LogP) is 0.831. The monoisotopic (exact) mass is 381 g/mol. The lowest BCUT2D eigenvalue weighted by Crippen LogP contribution is -2.59. The summed E-state index contributed by atoms with van der Waals surface area (Å²) in [7, 11) is 2.08. The average Bonchev–Trinajstić information content (AvgIpc) is 3.13. The highest BCUT2D eigenvalue weighted by Crippen LogP contribution is 2.38. The molecule has 1 unspecified atom stereocenters. The van der Waals surface area contributed by atoms with Crippen LogP contribution in [0.3, 0.4) is 0 Å². The maximum Gasteiger partial charge on any atom is 0.314 e. The van der Waals surface area contributed by atoms with Crippen molar-refractivity contribution in [3.63, 3.8) is 0 Å². The molecule has 3 heterocycles. The van der Waals surface area contributed by atoms with Crippen LogP contribution in [-0.4, -0.2) is 50.8 Å². The van der Waals surface area contributed by atoms with Gasteiger partial charge >= 0.3 is 6.03 Å². The number of nitrogens with one attached hydrogen (secondary N) is 2. The lowest BCUT2D eigenvalue weighted by molar-refractivity contribution is 0.0947. The van der Waals surface area contributed by atoms with Crippen LogP contribution in [0.4, 0.5) is 4.79 Å². The van der Waals surface area contributed by atoms with Crippen molar-refractivity contribution in [1.29, 1.82) is 0 Å². The zero-order chi connectivity index (χ0) is 19.7. The molecule has 1 fully saturated rings. The molecule has 9 heteroatoms. The quantitative estimate of drug-likeness (QED) is 0.618. The Labute approximate surface area is 161 Å². The molecule has 4 N–H and O–H groups in total. The van der Waals surface area contributed by atoms with Crippen LogP contribution in [-0.2, 0) is 5.66 Å². The Bertz CT molecular complexity index is 1040. The minimum atomic E-state index is -1.04. The molecule has 1 aliphatic heterocycles. The summed E-state index contributed by atoms with van der Waals surface area (Å²) in [5, 5.41) is 7.84. The van der Waals surface area contributed by atoms with Gasteiger partial charge in [-0.3, -0.25) is 4.79 Å². The standard InChI is InChI=1S/C19H23N7O2/c1-25-9-7-14(8-10-25)19(24-18(20)28,13-5-3-2-4-6-13)26-16-15(11-23-26)17(27)22-12-21-16/h2-6,11-12,14H,7-10H2,1H3,(H3,20,24,28)(H,21,22,27). The number of primary amides is 1. The zero-order valence-electron chi connectivity index (χ0n) is 15.6. The SMILES string of the molecule is CN1CCC(C(NC(N)=O)(c2ccccc2)n2ncc3c(=O)[nH]cnc32)CC1. The first kappa shape index (κ1) is 18.2. The van der Waals surface area contributed by atoms with Crippen LogP contribution in [0.5, 0.6) is 0 Å². The van der Waals surface area contributed by atoms with Gasteiger partial charge in [-0.05, 0) is 33.0 Å². The number of hydrogen-bond donors (Lipinski definition) is 3. The normalized spacial score (nSPS) is 18.0. The minimum absolute atomic E-state index is 0.0165. The molecule has 0 aliphatic carbocycles. The second-order valence-electron chi connectivity index (χ2n) is 7.22. The third kappa shape index (κ3) is 2.93. The molecule has 2 amide bonds. The maximum absolute atomic E-state index is 12.2. The highest BCUT2D eigenvalue weighted by Gasteiger charge is 2.46. The van der Waals surface area contributed by atoms with Gasteiger partial charge < -0.3 is 20.9 Å². The van der Waals surface area contributed by atoms with Crippen molar-refractivity contribution in [3.8, 4) is 0 Å². The molecule has 1 aromatic carbocycles. The molecule has 0 spiro atoms.